The number of benzene rings is 1. The first-order valence-electron chi connectivity index (χ1n) is 6.30. The van der Waals surface area contributed by atoms with Crippen LogP contribution in [0.5, 0.6) is 5.75 Å². The average Bonchev–Trinajstić information content (AvgIpc) is 3.18. The summed E-state index contributed by atoms with van der Waals surface area (Å²) in [7, 11) is 0. The Kier molecular flexibility index (Phi) is 6.28. The highest BCUT2D eigenvalue weighted by Crippen LogP contribution is 2.18. The lowest BCUT2D eigenvalue weighted by molar-refractivity contribution is 0.101. The van der Waals surface area contributed by atoms with E-state index in [1.54, 1.807) is 24.3 Å². The standard InChI is InChI=1S/C14H19NO3.ClH/c1-10(16)11-2-6-14(7-3-11)18-9-13(17)8-15-12-4-5-12;/h2-3,6-7,12-13,15,17H,4-5,8-9H2,1H3;1H. The van der Waals surface area contributed by atoms with Crippen molar-refractivity contribution in [3.63, 3.8) is 0 Å². The van der Waals surface area contributed by atoms with Crippen LogP contribution in [0.2, 0.25) is 0 Å². The van der Waals surface area contributed by atoms with Crippen LogP contribution in [0.4, 0.5) is 0 Å². The van der Waals surface area contributed by atoms with Crippen LogP contribution in [0.1, 0.15) is 30.1 Å². The van der Waals surface area contributed by atoms with Crippen molar-refractivity contribution in [2.45, 2.75) is 31.9 Å². The van der Waals surface area contributed by atoms with Crippen molar-refractivity contribution >= 4 is 18.2 Å². The molecule has 1 aliphatic carbocycles. The van der Waals surface area contributed by atoms with Crippen LogP contribution < -0.4 is 10.1 Å². The zero-order valence-corrected chi connectivity index (χ0v) is 11.8. The van der Waals surface area contributed by atoms with Crippen molar-refractivity contribution in [2.75, 3.05) is 13.2 Å². The second-order valence-corrected chi connectivity index (χ2v) is 4.73. The second-order valence-electron chi connectivity index (χ2n) is 4.73. The van der Waals surface area contributed by atoms with Gasteiger partial charge in [-0.25, -0.2) is 0 Å². The van der Waals surface area contributed by atoms with Crippen molar-refractivity contribution < 1.29 is 14.6 Å². The van der Waals surface area contributed by atoms with Crippen LogP contribution >= 0.6 is 12.4 Å². The molecule has 2 rings (SSSR count). The van der Waals surface area contributed by atoms with Crippen molar-refractivity contribution in [1.82, 2.24) is 5.32 Å². The van der Waals surface area contributed by atoms with Crippen LogP contribution in [-0.2, 0) is 0 Å². The molecule has 1 atom stereocenters. The van der Waals surface area contributed by atoms with Gasteiger partial charge in [0.25, 0.3) is 0 Å². The first-order valence-corrected chi connectivity index (χ1v) is 6.30. The Morgan fingerprint density at radius 1 is 1.42 bits per heavy atom. The summed E-state index contributed by atoms with van der Waals surface area (Å²) in [4.78, 5) is 11.1. The van der Waals surface area contributed by atoms with Crippen molar-refractivity contribution in [3.05, 3.63) is 29.8 Å². The summed E-state index contributed by atoms with van der Waals surface area (Å²) in [6.07, 6.45) is 1.92. The number of carbonyl (C=O) groups excluding carboxylic acids is 1. The molecule has 1 aromatic carbocycles. The molecule has 0 amide bonds. The van der Waals surface area contributed by atoms with Crippen LogP contribution in [0.15, 0.2) is 24.3 Å². The van der Waals surface area contributed by atoms with Crippen LogP contribution in [-0.4, -0.2) is 36.2 Å². The summed E-state index contributed by atoms with van der Waals surface area (Å²) < 4.78 is 5.45. The lowest BCUT2D eigenvalue weighted by Gasteiger charge is -2.13. The van der Waals surface area contributed by atoms with Crippen LogP contribution in [0.3, 0.4) is 0 Å². The normalized spacial score (nSPS) is 15.5. The molecule has 0 radical (unpaired) electrons. The molecule has 2 N–H and O–H groups in total. The number of halogens is 1. The van der Waals surface area contributed by atoms with Gasteiger partial charge in [0.2, 0.25) is 0 Å². The molecular formula is C14H20ClNO3. The number of aliphatic hydroxyl groups excluding tert-OH is 1. The van der Waals surface area contributed by atoms with E-state index in [0.29, 0.717) is 23.9 Å². The van der Waals surface area contributed by atoms with Gasteiger partial charge in [-0.1, -0.05) is 0 Å². The van der Waals surface area contributed by atoms with Gasteiger partial charge < -0.3 is 15.2 Å². The number of ketones is 1. The van der Waals surface area contributed by atoms with Gasteiger partial charge in [-0.2, -0.15) is 0 Å². The maximum absolute atomic E-state index is 11.1. The molecule has 1 fully saturated rings. The molecule has 1 aliphatic rings. The molecule has 0 bridgehead atoms. The molecule has 0 spiro atoms. The third-order valence-electron chi connectivity index (χ3n) is 2.92. The van der Waals surface area contributed by atoms with E-state index in [-0.39, 0.29) is 24.8 Å². The predicted octanol–water partition coefficient (Wildman–Crippen LogP) is 1.80. The SMILES string of the molecule is CC(=O)c1ccc(OCC(O)CNC2CC2)cc1.Cl. The fourth-order valence-corrected chi connectivity index (χ4v) is 1.63. The smallest absolute Gasteiger partial charge is 0.159 e. The quantitative estimate of drug-likeness (QED) is 0.750. The number of ether oxygens (including phenoxy) is 1. The maximum atomic E-state index is 11.1. The Balaban J connectivity index is 0.00000180. The minimum absolute atomic E-state index is 0. The van der Waals surface area contributed by atoms with Gasteiger partial charge in [0, 0.05) is 18.2 Å². The van der Waals surface area contributed by atoms with Crippen LogP contribution in [0, 0.1) is 0 Å². The van der Waals surface area contributed by atoms with E-state index in [2.05, 4.69) is 5.32 Å². The number of rotatable bonds is 7. The molecule has 4 nitrogen and oxygen atoms in total. The summed E-state index contributed by atoms with van der Waals surface area (Å²) in [5.41, 5.74) is 0.665. The minimum atomic E-state index is -0.502. The van der Waals surface area contributed by atoms with Crippen molar-refractivity contribution in [3.8, 4) is 5.75 Å². The van der Waals surface area contributed by atoms with Gasteiger partial charge in [0.05, 0.1) is 0 Å². The monoisotopic (exact) mass is 285 g/mol. The Bertz CT molecular complexity index is 404. The number of hydrogen-bond donors (Lipinski definition) is 2. The number of carbonyl (C=O) groups is 1. The molecule has 1 aromatic rings. The fraction of sp³-hybridized carbons (Fsp3) is 0.500. The highest BCUT2D eigenvalue weighted by atomic mass is 35.5. The van der Waals surface area contributed by atoms with Gasteiger partial charge in [-0.3, -0.25) is 4.79 Å². The summed E-state index contributed by atoms with van der Waals surface area (Å²) in [5.74, 6) is 0.709. The Morgan fingerprint density at radius 3 is 2.58 bits per heavy atom. The average molecular weight is 286 g/mol. The number of aliphatic hydroxyl groups is 1. The Hall–Kier alpha value is -1.10. The van der Waals surface area contributed by atoms with Crippen molar-refractivity contribution in [2.24, 2.45) is 0 Å². The first-order chi connectivity index (χ1) is 8.65. The summed E-state index contributed by atoms with van der Waals surface area (Å²) >= 11 is 0. The van der Waals surface area contributed by atoms with E-state index in [1.807, 2.05) is 0 Å². The third-order valence-corrected chi connectivity index (χ3v) is 2.92. The third kappa shape index (κ3) is 5.59. The predicted molar refractivity (Wildman–Crippen MR) is 76.2 cm³/mol. The molecule has 5 heteroatoms. The summed E-state index contributed by atoms with van der Waals surface area (Å²) in [6.45, 7) is 2.36. The fourth-order valence-electron chi connectivity index (χ4n) is 1.63. The highest BCUT2D eigenvalue weighted by molar-refractivity contribution is 5.94. The van der Waals surface area contributed by atoms with E-state index in [0.717, 1.165) is 0 Å². The van der Waals surface area contributed by atoms with Gasteiger partial charge >= 0.3 is 0 Å². The molecule has 0 saturated heterocycles. The molecule has 1 saturated carbocycles. The lowest BCUT2D eigenvalue weighted by atomic mass is 10.1. The largest absolute Gasteiger partial charge is 0.491 e. The zero-order valence-electron chi connectivity index (χ0n) is 11.0. The van der Waals surface area contributed by atoms with Gasteiger partial charge in [-0.15, -0.1) is 12.4 Å². The van der Waals surface area contributed by atoms with Crippen molar-refractivity contribution in [1.29, 1.82) is 0 Å². The highest BCUT2D eigenvalue weighted by Gasteiger charge is 2.21. The van der Waals surface area contributed by atoms with Gasteiger partial charge in [-0.05, 0) is 44.0 Å². The topological polar surface area (TPSA) is 58.6 Å². The van der Waals surface area contributed by atoms with E-state index in [1.165, 1.54) is 19.8 Å². The maximum Gasteiger partial charge on any atom is 0.159 e. The Morgan fingerprint density at radius 2 is 2.05 bits per heavy atom. The Labute approximate surface area is 119 Å². The van der Waals surface area contributed by atoms with Gasteiger partial charge in [0.15, 0.2) is 5.78 Å². The van der Waals surface area contributed by atoms with Gasteiger partial charge in [0.1, 0.15) is 18.5 Å². The molecular weight excluding hydrogens is 266 g/mol. The molecule has 0 aromatic heterocycles. The summed E-state index contributed by atoms with van der Waals surface area (Å²) in [6, 6.07) is 7.55. The van der Waals surface area contributed by atoms with Crippen LogP contribution in [0.25, 0.3) is 0 Å². The zero-order chi connectivity index (χ0) is 13.0. The van der Waals surface area contributed by atoms with E-state index < -0.39 is 6.10 Å². The number of hydrogen-bond acceptors (Lipinski definition) is 4. The summed E-state index contributed by atoms with van der Waals surface area (Å²) in [5, 5.41) is 12.9. The van der Waals surface area contributed by atoms with E-state index in [4.69, 9.17) is 4.74 Å². The minimum Gasteiger partial charge on any atom is -0.491 e. The number of nitrogens with one attached hydrogen (secondary N) is 1. The lowest BCUT2D eigenvalue weighted by Crippen LogP contribution is -2.32. The molecule has 0 heterocycles. The molecule has 19 heavy (non-hydrogen) atoms. The van der Waals surface area contributed by atoms with E-state index >= 15 is 0 Å². The molecule has 106 valence electrons. The molecule has 0 aliphatic heterocycles. The first kappa shape index (κ1) is 16.0. The number of Topliss-reactive ketones (excluding diaryl/α,β-unsaturated/α-hetero) is 1. The molecule has 1 unspecified atom stereocenters. The van der Waals surface area contributed by atoms with E-state index in [9.17, 15) is 9.90 Å². The second kappa shape index (κ2) is 7.48.